The van der Waals surface area contributed by atoms with Gasteiger partial charge in [0.15, 0.2) is 0 Å². The summed E-state index contributed by atoms with van der Waals surface area (Å²) < 4.78 is 83.8. The minimum atomic E-state index is -6.33. The summed E-state index contributed by atoms with van der Waals surface area (Å²) in [6, 6.07) is 0. The Morgan fingerprint density at radius 1 is 0.929 bits per heavy atom. The largest absolute Gasteiger partial charge is 0.460 e. The van der Waals surface area contributed by atoms with Crippen LogP contribution in [-0.2, 0) is 0 Å². The van der Waals surface area contributed by atoms with Gasteiger partial charge in [-0.15, -0.1) is 0 Å². The van der Waals surface area contributed by atoms with Gasteiger partial charge in [0.2, 0.25) is 0 Å². The van der Waals surface area contributed by atoms with Crippen molar-refractivity contribution < 1.29 is 30.7 Å². The summed E-state index contributed by atoms with van der Waals surface area (Å²) >= 11 is 0. The predicted octanol–water partition coefficient (Wildman–Crippen LogP) is 3.56. The third-order valence-electron chi connectivity index (χ3n) is 1.40. The van der Waals surface area contributed by atoms with Crippen LogP contribution in [0.5, 0.6) is 0 Å². The molecule has 0 nitrogen and oxygen atoms in total. The van der Waals surface area contributed by atoms with Gasteiger partial charge in [0.25, 0.3) is 0 Å². The number of halogens is 7. The van der Waals surface area contributed by atoms with Gasteiger partial charge in [-0.3, -0.25) is 0 Å². The third-order valence-corrected chi connectivity index (χ3v) is 1.40. The second-order valence-electron chi connectivity index (χ2n) is 2.38. The first-order valence-corrected chi connectivity index (χ1v) is 3.12. The van der Waals surface area contributed by atoms with E-state index in [0.717, 1.165) is 0 Å². The lowest BCUT2D eigenvalue weighted by Gasteiger charge is -2.28. The smallest absolute Gasteiger partial charge is 0.194 e. The van der Waals surface area contributed by atoms with Crippen LogP contribution in [0.1, 0.15) is 0 Å². The van der Waals surface area contributed by atoms with E-state index in [1.807, 2.05) is 0 Å². The van der Waals surface area contributed by atoms with E-state index >= 15 is 0 Å². The second kappa shape index (κ2) is 3.29. The van der Waals surface area contributed by atoms with E-state index in [2.05, 4.69) is 13.2 Å². The van der Waals surface area contributed by atoms with E-state index in [9.17, 15) is 30.7 Å². The highest BCUT2D eigenvalue weighted by atomic mass is 19.4. The molecule has 0 saturated heterocycles. The summed E-state index contributed by atoms with van der Waals surface area (Å²) in [6.07, 6.45) is -6.18. The second-order valence-corrected chi connectivity index (χ2v) is 2.38. The average molecular weight is 222 g/mol. The van der Waals surface area contributed by atoms with Crippen LogP contribution in [-0.4, -0.2) is 18.0 Å². The molecule has 0 unspecified atom stereocenters. The molecule has 0 rings (SSSR count). The van der Waals surface area contributed by atoms with Crippen LogP contribution in [0.25, 0.3) is 0 Å². The van der Waals surface area contributed by atoms with E-state index in [-0.39, 0.29) is 6.08 Å². The third kappa shape index (κ3) is 1.76. The average Bonchev–Trinajstić information content (AvgIpc) is 2.00. The molecule has 0 heterocycles. The van der Waals surface area contributed by atoms with Gasteiger partial charge in [-0.25, -0.2) is 0 Å². The topological polar surface area (TPSA) is 0 Å². The van der Waals surface area contributed by atoms with Crippen LogP contribution in [0.4, 0.5) is 30.7 Å². The van der Waals surface area contributed by atoms with Crippen LogP contribution in [0, 0.1) is 0 Å². The normalized spacial score (nSPS) is 13.9. The zero-order valence-corrected chi connectivity index (χ0v) is 6.64. The Bertz CT molecular complexity index is 247. The van der Waals surface area contributed by atoms with E-state index in [1.54, 1.807) is 0 Å². The molecule has 0 spiro atoms. The maximum Gasteiger partial charge on any atom is 0.460 e. The van der Waals surface area contributed by atoms with Crippen molar-refractivity contribution in [2.75, 3.05) is 0 Å². The fraction of sp³-hybridized carbons (Fsp3) is 0.429. The van der Waals surface area contributed by atoms with Crippen molar-refractivity contribution >= 4 is 0 Å². The lowest BCUT2D eigenvalue weighted by atomic mass is 10.0. The Balaban J connectivity index is 5.28. The Kier molecular flexibility index (Phi) is 3.05. The zero-order valence-electron chi connectivity index (χ0n) is 6.64. The summed E-state index contributed by atoms with van der Waals surface area (Å²) in [5.41, 5.74) is -1.68. The van der Waals surface area contributed by atoms with Crippen molar-refractivity contribution in [3.63, 3.8) is 0 Å². The van der Waals surface area contributed by atoms with Crippen LogP contribution in [0.15, 0.2) is 24.8 Å². The molecule has 0 fully saturated rings. The SMILES string of the molecule is C=CC(=C)C(F)(F)C(F)(F)C(F)(F)F. The molecule has 0 aromatic carbocycles. The van der Waals surface area contributed by atoms with E-state index in [4.69, 9.17) is 0 Å². The number of hydrogen-bond donors (Lipinski definition) is 0. The highest BCUT2D eigenvalue weighted by Gasteiger charge is 2.73. The first kappa shape index (κ1) is 13.0. The summed E-state index contributed by atoms with van der Waals surface area (Å²) in [4.78, 5) is 0. The van der Waals surface area contributed by atoms with E-state index in [0.29, 0.717) is 0 Å². The first-order chi connectivity index (χ1) is 5.98. The zero-order chi connectivity index (χ0) is 11.8. The Morgan fingerprint density at radius 3 is 1.50 bits per heavy atom. The molecular weight excluding hydrogens is 217 g/mol. The Hall–Kier alpha value is -1.01. The minimum Gasteiger partial charge on any atom is -0.194 e. The lowest BCUT2D eigenvalue weighted by Crippen LogP contribution is -2.52. The molecular formula is C7H5F7. The van der Waals surface area contributed by atoms with Gasteiger partial charge < -0.3 is 0 Å². The number of alkyl halides is 7. The van der Waals surface area contributed by atoms with Crippen LogP contribution >= 0.6 is 0 Å². The molecule has 7 heteroatoms. The van der Waals surface area contributed by atoms with E-state index in [1.165, 1.54) is 0 Å². The van der Waals surface area contributed by atoms with Gasteiger partial charge in [0, 0.05) is 5.57 Å². The highest BCUT2D eigenvalue weighted by Crippen LogP contribution is 2.49. The quantitative estimate of drug-likeness (QED) is 0.505. The molecule has 14 heavy (non-hydrogen) atoms. The fourth-order valence-corrected chi connectivity index (χ4v) is 0.508. The minimum absolute atomic E-state index is 0.152. The molecule has 0 amide bonds. The molecule has 0 aliphatic carbocycles. The first-order valence-electron chi connectivity index (χ1n) is 3.12. The van der Waals surface area contributed by atoms with Gasteiger partial charge in [0.1, 0.15) is 0 Å². The van der Waals surface area contributed by atoms with Gasteiger partial charge in [0.05, 0.1) is 0 Å². The molecule has 0 aliphatic heterocycles. The summed E-state index contributed by atoms with van der Waals surface area (Å²) in [6.45, 7) is 5.02. The van der Waals surface area contributed by atoms with Crippen LogP contribution < -0.4 is 0 Å². The molecule has 0 saturated carbocycles. The van der Waals surface area contributed by atoms with Gasteiger partial charge in [-0.2, -0.15) is 30.7 Å². The van der Waals surface area contributed by atoms with Gasteiger partial charge >= 0.3 is 18.0 Å². The molecule has 0 aromatic heterocycles. The maximum atomic E-state index is 12.5. The molecule has 82 valence electrons. The summed E-state index contributed by atoms with van der Waals surface area (Å²) in [7, 11) is 0. The van der Waals surface area contributed by atoms with Crippen molar-refractivity contribution in [1.82, 2.24) is 0 Å². The number of hydrogen-bond acceptors (Lipinski definition) is 0. The maximum absolute atomic E-state index is 12.5. The number of allylic oxidation sites excluding steroid dienone is 2. The van der Waals surface area contributed by atoms with Crippen LogP contribution in [0.2, 0.25) is 0 Å². The van der Waals surface area contributed by atoms with Crippen molar-refractivity contribution in [3.8, 4) is 0 Å². The molecule has 0 aromatic rings. The Morgan fingerprint density at radius 2 is 1.29 bits per heavy atom. The van der Waals surface area contributed by atoms with Crippen molar-refractivity contribution in [2.45, 2.75) is 18.0 Å². The molecule has 0 atom stereocenters. The Labute approximate surface area is 74.7 Å². The predicted molar refractivity (Wildman–Crippen MR) is 35.3 cm³/mol. The molecule has 0 aliphatic rings. The number of rotatable bonds is 3. The molecule has 0 bridgehead atoms. The summed E-state index contributed by atoms with van der Waals surface area (Å²) in [5.74, 6) is -11.5. The lowest BCUT2D eigenvalue weighted by molar-refractivity contribution is -0.343. The van der Waals surface area contributed by atoms with Crippen molar-refractivity contribution in [2.24, 2.45) is 0 Å². The fourth-order valence-electron chi connectivity index (χ4n) is 0.508. The monoisotopic (exact) mass is 222 g/mol. The van der Waals surface area contributed by atoms with Gasteiger partial charge in [-0.05, 0) is 0 Å². The van der Waals surface area contributed by atoms with Crippen molar-refractivity contribution in [1.29, 1.82) is 0 Å². The van der Waals surface area contributed by atoms with Crippen molar-refractivity contribution in [3.05, 3.63) is 24.8 Å². The van der Waals surface area contributed by atoms with Gasteiger partial charge in [-0.1, -0.05) is 19.2 Å². The molecule has 0 N–H and O–H groups in total. The van der Waals surface area contributed by atoms with E-state index < -0.39 is 23.6 Å². The van der Waals surface area contributed by atoms with Crippen LogP contribution in [0.3, 0.4) is 0 Å². The standard InChI is InChI=1S/C7H5F7/c1-3-4(2)5(8,9)6(10,11)7(12,13)14/h3H,1-2H2. The highest BCUT2D eigenvalue weighted by molar-refractivity contribution is 5.25. The molecule has 0 radical (unpaired) electrons. The summed E-state index contributed by atoms with van der Waals surface area (Å²) in [5, 5.41) is 0.